The first-order chi connectivity index (χ1) is 10.3. The number of rotatable bonds is 4. The van der Waals surface area contributed by atoms with E-state index in [1.165, 1.54) is 19.1 Å². The summed E-state index contributed by atoms with van der Waals surface area (Å²) in [4.78, 5) is 23.0. The van der Waals surface area contributed by atoms with Crippen LogP contribution in [0.5, 0.6) is 5.75 Å². The van der Waals surface area contributed by atoms with E-state index < -0.39 is 0 Å². The number of anilines is 3. The fraction of sp³-hybridized carbons (Fsp3) is 0.214. The topological polar surface area (TPSA) is 113 Å². The van der Waals surface area contributed by atoms with E-state index in [9.17, 15) is 14.7 Å². The van der Waals surface area contributed by atoms with Gasteiger partial charge in [0.2, 0.25) is 12.2 Å². The van der Waals surface area contributed by atoms with Crippen molar-refractivity contribution in [3.8, 4) is 5.75 Å². The third-order valence-corrected chi connectivity index (χ3v) is 2.88. The first-order valence-corrected chi connectivity index (χ1v) is 6.56. The van der Waals surface area contributed by atoms with Crippen LogP contribution in [0.25, 0.3) is 0 Å². The zero-order valence-corrected chi connectivity index (χ0v) is 12.3. The van der Waals surface area contributed by atoms with Crippen molar-refractivity contribution in [2.45, 2.75) is 13.5 Å². The van der Waals surface area contributed by atoms with Crippen LogP contribution >= 0.6 is 0 Å². The van der Waals surface area contributed by atoms with Gasteiger partial charge < -0.3 is 21.5 Å². The average molecular weight is 304 g/mol. The number of imidazole rings is 1. The lowest BCUT2D eigenvalue weighted by Crippen LogP contribution is -2.25. The Morgan fingerprint density at radius 3 is 2.64 bits per heavy atom. The van der Waals surface area contributed by atoms with Gasteiger partial charge in [0.1, 0.15) is 23.8 Å². The van der Waals surface area contributed by atoms with Crippen LogP contribution in [0.15, 0.2) is 30.9 Å². The molecular weight excluding hydrogens is 286 g/mol. The van der Waals surface area contributed by atoms with Crippen molar-refractivity contribution in [1.29, 1.82) is 0 Å². The number of nitrogens with zero attached hydrogens (tertiary/aromatic N) is 2. The molecule has 0 bridgehead atoms. The molecule has 0 aliphatic carbocycles. The van der Waals surface area contributed by atoms with Gasteiger partial charge in [-0.1, -0.05) is 0 Å². The summed E-state index contributed by atoms with van der Waals surface area (Å²) in [5.41, 5.74) is 6.45. The number of phenols is 1. The molecule has 0 aliphatic rings. The van der Waals surface area contributed by atoms with Gasteiger partial charge in [-0.3, -0.25) is 9.59 Å². The number of carbonyl (C=O) groups is 2. The second-order valence-electron chi connectivity index (χ2n) is 4.94. The normalized spacial score (nSPS) is 10.3. The fourth-order valence-electron chi connectivity index (χ4n) is 2.00. The molecule has 0 saturated carbocycles. The van der Waals surface area contributed by atoms with Gasteiger partial charge in [-0.15, -0.1) is 0 Å². The van der Waals surface area contributed by atoms with Crippen molar-refractivity contribution in [3.63, 3.8) is 0 Å². The summed E-state index contributed by atoms with van der Waals surface area (Å²) in [5.74, 6) is -0.822. The predicted octanol–water partition coefficient (Wildman–Crippen LogP) is 0.197. The molecule has 1 aromatic carbocycles. The third-order valence-electron chi connectivity index (χ3n) is 2.88. The minimum atomic E-state index is -0.328. The minimum absolute atomic E-state index is 0.0904. The van der Waals surface area contributed by atoms with Crippen LogP contribution in [0, 0.1) is 0 Å². The molecule has 2 amide bonds. The first kappa shape index (κ1) is 15.4. The summed E-state index contributed by atoms with van der Waals surface area (Å²) in [6, 6.07) is 2.79. The molecule has 116 valence electrons. The number of phenolic OH excluding ortho intramolecular Hbond substituents is 1. The Hall–Kier alpha value is -3.03. The van der Waals surface area contributed by atoms with Gasteiger partial charge in [0, 0.05) is 18.7 Å². The number of hydrogen-bond acceptors (Lipinski definition) is 4. The summed E-state index contributed by atoms with van der Waals surface area (Å²) in [5, 5.41) is 15.0. The SMILES string of the molecule is CC(=O)Nc1cc(N)c(NC(=O)Cn2cc[n+](C)c2)c(O)c1. The van der Waals surface area contributed by atoms with Crippen molar-refractivity contribution in [2.24, 2.45) is 7.05 Å². The first-order valence-electron chi connectivity index (χ1n) is 6.56. The number of nitrogens with two attached hydrogens (primary N) is 1. The molecule has 0 aliphatic heterocycles. The Morgan fingerprint density at radius 1 is 1.36 bits per heavy atom. The van der Waals surface area contributed by atoms with Crippen LogP contribution in [0.2, 0.25) is 0 Å². The maximum absolute atomic E-state index is 12.0. The summed E-state index contributed by atoms with van der Waals surface area (Å²) < 4.78 is 3.50. The van der Waals surface area contributed by atoms with E-state index in [4.69, 9.17) is 5.73 Å². The van der Waals surface area contributed by atoms with Crippen molar-refractivity contribution in [1.82, 2.24) is 4.57 Å². The molecule has 8 nitrogen and oxygen atoms in total. The van der Waals surface area contributed by atoms with E-state index in [1.54, 1.807) is 27.9 Å². The van der Waals surface area contributed by atoms with Crippen molar-refractivity contribution >= 4 is 28.9 Å². The molecule has 0 unspecified atom stereocenters. The zero-order valence-electron chi connectivity index (χ0n) is 12.3. The van der Waals surface area contributed by atoms with Gasteiger partial charge >= 0.3 is 0 Å². The lowest BCUT2D eigenvalue weighted by molar-refractivity contribution is -0.671. The van der Waals surface area contributed by atoms with Gasteiger partial charge in [0.15, 0.2) is 6.54 Å². The van der Waals surface area contributed by atoms with Crippen molar-refractivity contribution in [3.05, 3.63) is 30.9 Å². The Balaban J connectivity index is 2.12. The molecule has 22 heavy (non-hydrogen) atoms. The summed E-state index contributed by atoms with van der Waals surface area (Å²) in [7, 11) is 1.85. The smallest absolute Gasteiger partial charge is 0.266 e. The van der Waals surface area contributed by atoms with Crippen LogP contribution in [0.1, 0.15) is 6.92 Å². The number of carbonyl (C=O) groups excluding carboxylic acids is 2. The van der Waals surface area contributed by atoms with Crippen molar-refractivity contribution in [2.75, 3.05) is 16.4 Å². The lowest BCUT2D eigenvalue weighted by atomic mass is 10.2. The molecule has 0 saturated heterocycles. The fourth-order valence-corrected chi connectivity index (χ4v) is 2.00. The number of nitrogens with one attached hydrogen (secondary N) is 2. The van der Waals surface area contributed by atoms with E-state index in [-0.39, 0.29) is 35.5 Å². The van der Waals surface area contributed by atoms with Gasteiger partial charge in [0.25, 0.3) is 5.91 Å². The molecule has 8 heteroatoms. The Bertz CT molecular complexity index is 700. The van der Waals surface area contributed by atoms with E-state index in [0.717, 1.165) is 0 Å². The van der Waals surface area contributed by atoms with E-state index in [1.807, 2.05) is 7.05 Å². The largest absolute Gasteiger partial charge is 0.506 e. The highest BCUT2D eigenvalue weighted by Gasteiger charge is 2.14. The van der Waals surface area contributed by atoms with Crippen LogP contribution in [-0.4, -0.2) is 21.5 Å². The molecule has 0 fully saturated rings. The number of aromatic hydroxyl groups is 1. The number of aromatic nitrogens is 2. The third kappa shape index (κ3) is 3.75. The molecule has 2 aromatic rings. The van der Waals surface area contributed by atoms with Gasteiger partial charge in [-0.25, -0.2) is 9.13 Å². The highest BCUT2D eigenvalue weighted by atomic mass is 16.3. The molecule has 0 spiro atoms. The number of hydrogen-bond donors (Lipinski definition) is 4. The van der Waals surface area contributed by atoms with Crippen LogP contribution in [0.4, 0.5) is 17.1 Å². The quantitative estimate of drug-likeness (QED) is 0.367. The molecule has 5 N–H and O–H groups in total. The van der Waals surface area contributed by atoms with Crippen LogP contribution in [0.3, 0.4) is 0 Å². The zero-order chi connectivity index (χ0) is 16.3. The predicted molar refractivity (Wildman–Crippen MR) is 81.1 cm³/mol. The molecule has 1 aromatic heterocycles. The maximum atomic E-state index is 12.0. The molecular formula is C14H18N5O3+. The number of aryl methyl sites for hydroxylation is 1. The maximum Gasteiger partial charge on any atom is 0.266 e. The molecule has 0 atom stereocenters. The lowest BCUT2D eigenvalue weighted by Gasteiger charge is -2.12. The number of amides is 2. The second kappa shape index (κ2) is 6.17. The number of nitrogen functional groups attached to an aromatic ring is 1. The summed E-state index contributed by atoms with van der Waals surface area (Å²) in [6.45, 7) is 1.44. The summed E-state index contributed by atoms with van der Waals surface area (Å²) in [6.07, 6.45) is 5.31. The molecule has 1 heterocycles. The van der Waals surface area contributed by atoms with Crippen LogP contribution < -0.4 is 20.9 Å². The van der Waals surface area contributed by atoms with Gasteiger partial charge in [0.05, 0.1) is 12.7 Å². The Labute approximate surface area is 127 Å². The minimum Gasteiger partial charge on any atom is -0.506 e. The number of benzene rings is 1. The van der Waals surface area contributed by atoms with Crippen molar-refractivity contribution < 1.29 is 19.3 Å². The average Bonchev–Trinajstić information content (AvgIpc) is 2.78. The molecule has 2 rings (SSSR count). The van der Waals surface area contributed by atoms with Crippen LogP contribution in [-0.2, 0) is 23.2 Å². The Kier molecular flexibility index (Phi) is 4.31. The van der Waals surface area contributed by atoms with E-state index in [0.29, 0.717) is 5.69 Å². The highest BCUT2D eigenvalue weighted by molar-refractivity contribution is 5.98. The van der Waals surface area contributed by atoms with E-state index >= 15 is 0 Å². The van der Waals surface area contributed by atoms with E-state index in [2.05, 4.69) is 10.6 Å². The monoisotopic (exact) mass is 304 g/mol. The summed E-state index contributed by atoms with van der Waals surface area (Å²) >= 11 is 0. The molecule has 0 radical (unpaired) electrons. The second-order valence-corrected chi connectivity index (χ2v) is 4.94. The Morgan fingerprint density at radius 2 is 2.09 bits per heavy atom. The van der Waals surface area contributed by atoms with Gasteiger partial charge in [-0.2, -0.15) is 0 Å². The van der Waals surface area contributed by atoms with Gasteiger partial charge in [-0.05, 0) is 6.07 Å². The standard InChI is InChI=1S/C14H17N5O3/c1-9(20)16-10-5-11(15)14(12(21)6-10)17-13(22)7-19-4-3-18(2)8-19/h3-6,8H,7,15H2,1-2H3,(H2-,16,17,20,21,22)/p+1. The highest BCUT2D eigenvalue weighted by Crippen LogP contribution is 2.33.